The molecule has 0 aromatic heterocycles. The molecular weight excluding hydrogens is 304 g/mol. The van der Waals surface area contributed by atoms with E-state index in [2.05, 4.69) is 11.4 Å². The molecule has 0 aromatic rings. The first-order valence-electron chi connectivity index (χ1n) is 7.48. The van der Waals surface area contributed by atoms with E-state index in [0.717, 1.165) is 0 Å². The summed E-state index contributed by atoms with van der Waals surface area (Å²) < 4.78 is 24.6. The average Bonchev–Trinajstić information content (AvgIpc) is 2.63. The van der Waals surface area contributed by atoms with Gasteiger partial charge in [0, 0.05) is 19.6 Å². The zero-order valence-electron chi connectivity index (χ0n) is 13.8. The average molecular weight is 330 g/mol. The Bertz CT molecular complexity index is 541. The molecule has 1 amide bonds. The molecule has 1 heterocycles. The van der Waals surface area contributed by atoms with Crippen molar-refractivity contribution in [2.24, 2.45) is 5.92 Å². The third-order valence-electron chi connectivity index (χ3n) is 4.17. The summed E-state index contributed by atoms with van der Waals surface area (Å²) >= 11 is 0. The Hall–Kier alpha value is -1.17. The van der Waals surface area contributed by atoms with Gasteiger partial charge in [-0.25, -0.2) is 12.7 Å². The predicted molar refractivity (Wildman–Crippen MR) is 84.5 cm³/mol. The number of sulfonamides is 1. The van der Waals surface area contributed by atoms with E-state index in [0.29, 0.717) is 32.6 Å². The van der Waals surface area contributed by atoms with Gasteiger partial charge in [0.15, 0.2) is 0 Å². The van der Waals surface area contributed by atoms with Crippen molar-refractivity contribution >= 4 is 15.9 Å². The van der Waals surface area contributed by atoms with E-state index in [1.807, 2.05) is 18.7 Å². The van der Waals surface area contributed by atoms with Crippen LogP contribution in [0.15, 0.2) is 0 Å². The molecule has 1 aliphatic rings. The smallest absolute Gasteiger partial charge is 0.235 e. The normalized spacial score (nSPS) is 20.9. The third-order valence-corrected chi connectivity index (χ3v) is 5.47. The number of rotatable bonds is 5. The number of hydrogen-bond acceptors (Lipinski definition) is 5. The molecule has 1 aliphatic heterocycles. The number of nitriles is 1. The monoisotopic (exact) mass is 330 g/mol. The molecule has 22 heavy (non-hydrogen) atoms. The maximum atomic E-state index is 12.1. The minimum Gasteiger partial charge on any atom is -0.337 e. The van der Waals surface area contributed by atoms with E-state index in [1.165, 1.54) is 10.6 Å². The van der Waals surface area contributed by atoms with Gasteiger partial charge in [0.05, 0.1) is 18.9 Å². The Morgan fingerprint density at radius 2 is 1.95 bits per heavy atom. The first-order chi connectivity index (χ1) is 10.1. The van der Waals surface area contributed by atoms with E-state index in [1.54, 1.807) is 6.92 Å². The van der Waals surface area contributed by atoms with Gasteiger partial charge >= 0.3 is 0 Å². The molecule has 8 heteroatoms. The highest BCUT2D eigenvalue weighted by Gasteiger charge is 2.31. The minimum absolute atomic E-state index is 0.00584. The second-order valence-corrected chi connectivity index (χ2v) is 8.29. The van der Waals surface area contributed by atoms with Crippen molar-refractivity contribution in [3.63, 3.8) is 0 Å². The Balaban J connectivity index is 2.58. The van der Waals surface area contributed by atoms with Gasteiger partial charge in [-0.1, -0.05) is 13.8 Å². The van der Waals surface area contributed by atoms with E-state index in [9.17, 15) is 18.5 Å². The molecular formula is C14H26N4O3S. The molecule has 0 saturated carbocycles. The SMILES string of the molecule is CC(C)C(C)(C#N)NC(=O)CN1CCCN(S(C)(=O)=O)CC1. The topological polar surface area (TPSA) is 93.5 Å². The molecule has 1 fully saturated rings. The van der Waals surface area contributed by atoms with Crippen LogP contribution in [0.1, 0.15) is 27.2 Å². The van der Waals surface area contributed by atoms with E-state index in [4.69, 9.17) is 0 Å². The Kier molecular flexibility index (Phi) is 6.35. The molecule has 1 rings (SSSR count). The lowest BCUT2D eigenvalue weighted by atomic mass is 9.90. The fraction of sp³-hybridized carbons (Fsp3) is 0.857. The molecule has 0 aliphatic carbocycles. The number of carbonyl (C=O) groups excluding carboxylic acids is 1. The fourth-order valence-electron chi connectivity index (χ4n) is 2.27. The first kappa shape index (κ1) is 18.9. The van der Waals surface area contributed by atoms with Gasteiger partial charge in [-0.15, -0.1) is 0 Å². The quantitative estimate of drug-likeness (QED) is 0.766. The highest BCUT2D eigenvalue weighted by molar-refractivity contribution is 7.88. The number of nitrogens with one attached hydrogen (secondary N) is 1. The summed E-state index contributed by atoms with van der Waals surface area (Å²) in [5, 5.41) is 12.0. The Morgan fingerprint density at radius 3 is 2.45 bits per heavy atom. The zero-order valence-corrected chi connectivity index (χ0v) is 14.6. The standard InChI is InChI=1S/C14H26N4O3S/c1-12(2)14(3,11-15)16-13(19)10-17-6-5-7-18(9-8-17)22(4,20)21/h12H,5-10H2,1-4H3,(H,16,19). The summed E-state index contributed by atoms with van der Waals surface area (Å²) in [5.41, 5.74) is -0.887. The summed E-state index contributed by atoms with van der Waals surface area (Å²) in [7, 11) is -3.18. The van der Waals surface area contributed by atoms with Crippen LogP contribution in [0, 0.1) is 17.2 Å². The second-order valence-electron chi connectivity index (χ2n) is 6.31. The molecule has 0 aromatic carbocycles. The van der Waals surface area contributed by atoms with E-state index < -0.39 is 15.6 Å². The van der Waals surface area contributed by atoms with Gasteiger partial charge < -0.3 is 5.32 Å². The predicted octanol–water partition coefficient (Wildman–Crippen LogP) is 0.00818. The number of amides is 1. The minimum atomic E-state index is -3.18. The molecule has 126 valence electrons. The van der Waals surface area contributed by atoms with E-state index >= 15 is 0 Å². The van der Waals surface area contributed by atoms with Crippen molar-refractivity contribution in [1.82, 2.24) is 14.5 Å². The molecule has 1 saturated heterocycles. The molecule has 1 N–H and O–H groups in total. The van der Waals surface area contributed by atoms with Crippen LogP contribution in [0.3, 0.4) is 0 Å². The van der Waals surface area contributed by atoms with Crippen molar-refractivity contribution in [3.05, 3.63) is 0 Å². The van der Waals surface area contributed by atoms with Gasteiger partial charge in [0.25, 0.3) is 0 Å². The van der Waals surface area contributed by atoms with Crippen LogP contribution in [0.4, 0.5) is 0 Å². The molecule has 7 nitrogen and oxygen atoms in total. The van der Waals surface area contributed by atoms with E-state index in [-0.39, 0.29) is 18.4 Å². The lowest BCUT2D eigenvalue weighted by Gasteiger charge is -2.29. The van der Waals surface area contributed by atoms with Crippen LogP contribution in [-0.2, 0) is 14.8 Å². The van der Waals surface area contributed by atoms with Crippen LogP contribution >= 0.6 is 0 Å². The van der Waals surface area contributed by atoms with Crippen molar-refractivity contribution in [2.75, 3.05) is 39.0 Å². The maximum Gasteiger partial charge on any atom is 0.235 e. The third kappa shape index (κ3) is 5.23. The number of hydrogen-bond donors (Lipinski definition) is 1. The molecule has 0 bridgehead atoms. The highest BCUT2D eigenvalue weighted by atomic mass is 32.2. The largest absolute Gasteiger partial charge is 0.337 e. The molecule has 1 atom stereocenters. The number of nitrogens with zero attached hydrogens (tertiary/aromatic N) is 3. The van der Waals surface area contributed by atoms with Crippen LogP contribution < -0.4 is 5.32 Å². The van der Waals surface area contributed by atoms with Crippen molar-refractivity contribution in [2.45, 2.75) is 32.7 Å². The van der Waals surface area contributed by atoms with Crippen LogP contribution in [0.5, 0.6) is 0 Å². The molecule has 0 radical (unpaired) electrons. The summed E-state index contributed by atoms with van der Waals surface area (Å²) in [6.07, 6.45) is 1.90. The van der Waals surface area contributed by atoms with Crippen LogP contribution in [0.2, 0.25) is 0 Å². The summed E-state index contributed by atoms with van der Waals surface area (Å²) in [4.78, 5) is 14.1. The zero-order chi connectivity index (χ0) is 17.0. The first-order valence-corrected chi connectivity index (χ1v) is 9.33. The molecule has 1 unspecified atom stereocenters. The fourth-order valence-corrected chi connectivity index (χ4v) is 3.14. The van der Waals surface area contributed by atoms with Gasteiger partial charge in [0.2, 0.25) is 15.9 Å². The summed E-state index contributed by atoms with van der Waals surface area (Å²) in [6.45, 7) is 7.74. The lowest BCUT2D eigenvalue weighted by Crippen LogP contribution is -2.52. The van der Waals surface area contributed by atoms with Crippen LogP contribution in [-0.4, -0.2) is 68.0 Å². The van der Waals surface area contributed by atoms with Crippen molar-refractivity contribution in [3.8, 4) is 6.07 Å². The summed E-state index contributed by atoms with van der Waals surface area (Å²) in [5.74, 6) is -0.197. The van der Waals surface area contributed by atoms with Crippen molar-refractivity contribution in [1.29, 1.82) is 5.26 Å². The highest BCUT2D eigenvalue weighted by Crippen LogP contribution is 2.15. The number of carbonyl (C=O) groups is 1. The van der Waals surface area contributed by atoms with Gasteiger partial charge in [-0.2, -0.15) is 5.26 Å². The van der Waals surface area contributed by atoms with Gasteiger partial charge in [-0.05, 0) is 25.8 Å². The van der Waals surface area contributed by atoms with Gasteiger partial charge in [-0.3, -0.25) is 9.69 Å². The molecule has 0 spiro atoms. The Labute approximate surface area is 133 Å². The lowest BCUT2D eigenvalue weighted by molar-refractivity contribution is -0.123. The Morgan fingerprint density at radius 1 is 1.32 bits per heavy atom. The van der Waals surface area contributed by atoms with Crippen LogP contribution in [0.25, 0.3) is 0 Å². The van der Waals surface area contributed by atoms with Crippen molar-refractivity contribution < 1.29 is 13.2 Å². The maximum absolute atomic E-state index is 12.1. The van der Waals surface area contributed by atoms with Gasteiger partial charge in [0.1, 0.15) is 5.54 Å². The second kappa shape index (κ2) is 7.40. The summed E-state index contributed by atoms with van der Waals surface area (Å²) in [6, 6.07) is 2.15.